The monoisotopic (exact) mass is 331 g/mol. The van der Waals surface area contributed by atoms with E-state index in [1.165, 1.54) is 0 Å². The molecule has 2 aromatic carbocycles. The Bertz CT molecular complexity index is 713. The lowest BCUT2D eigenvalue weighted by Crippen LogP contribution is -2.25. The SMILES string of the molecule is Cc1cc2c(cc1CC(=O)NCc1ccc(Cl)cc1)OCCO2. The quantitative estimate of drug-likeness (QED) is 0.935. The van der Waals surface area contributed by atoms with Gasteiger partial charge in [0.25, 0.3) is 0 Å². The van der Waals surface area contributed by atoms with Gasteiger partial charge in [-0.25, -0.2) is 0 Å². The van der Waals surface area contributed by atoms with Crippen LogP contribution in [0.15, 0.2) is 36.4 Å². The summed E-state index contributed by atoms with van der Waals surface area (Å²) in [6.07, 6.45) is 0.316. The summed E-state index contributed by atoms with van der Waals surface area (Å²) < 4.78 is 11.1. The van der Waals surface area contributed by atoms with Crippen molar-refractivity contribution in [2.75, 3.05) is 13.2 Å². The number of benzene rings is 2. The number of amides is 1. The minimum Gasteiger partial charge on any atom is -0.486 e. The van der Waals surface area contributed by atoms with Crippen LogP contribution >= 0.6 is 11.6 Å². The predicted octanol–water partition coefficient (Wildman–Crippen LogP) is 3.28. The number of carbonyl (C=O) groups is 1. The first-order valence-corrected chi connectivity index (χ1v) is 7.90. The highest BCUT2D eigenvalue weighted by Crippen LogP contribution is 2.33. The summed E-state index contributed by atoms with van der Waals surface area (Å²) in [7, 11) is 0. The number of fused-ring (bicyclic) bond motifs is 1. The van der Waals surface area contributed by atoms with E-state index < -0.39 is 0 Å². The number of carbonyl (C=O) groups excluding carboxylic acids is 1. The molecule has 0 saturated heterocycles. The first-order valence-electron chi connectivity index (χ1n) is 7.52. The van der Waals surface area contributed by atoms with Crippen molar-refractivity contribution in [1.29, 1.82) is 0 Å². The van der Waals surface area contributed by atoms with Crippen molar-refractivity contribution in [1.82, 2.24) is 5.32 Å². The molecule has 1 N–H and O–H groups in total. The second-order valence-electron chi connectivity index (χ2n) is 5.50. The molecular formula is C18H18ClNO3. The Morgan fingerprint density at radius 2 is 1.78 bits per heavy atom. The fraction of sp³-hybridized carbons (Fsp3) is 0.278. The average molecular weight is 332 g/mol. The molecule has 120 valence electrons. The summed E-state index contributed by atoms with van der Waals surface area (Å²) in [5.41, 5.74) is 2.99. The third kappa shape index (κ3) is 3.96. The van der Waals surface area contributed by atoms with Crippen LogP contribution in [0.2, 0.25) is 5.02 Å². The molecule has 1 heterocycles. The summed E-state index contributed by atoms with van der Waals surface area (Å²) in [6, 6.07) is 11.2. The van der Waals surface area contributed by atoms with Crippen molar-refractivity contribution in [3.63, 3.8) is 0 Å². The van der Waals surface area contributed by atoms with Crippen LogP contribution in [-0.2, 0) is 17.8 Å². The number of ether oxygens (including phenoxy) is 2. The Morgan fingerprint density at radius 1 is 1.13 bits per heavy atom. The minimum absolute atomic E-state index is 0.0280. The normalized spacial score (nSPS) is 12.8. The highest BCUT2D eigenvalue weighted by Gasteiger charge is 2.15. The Kier molecular flexibility index (Phi) is 4.72. The maximum absolute atomic E-state index is 12.2. The Labute approximate surface area is 140 Å². The van der Waals surface area contributed by atoms with Gasteiger partial charge in [0, 0.05) is 11.6 Å². The molecular weight excluding hydrogens is 314 g/mol. The Hall–Kier alpha value is -2.20. The van der Waals surface area contributed by atoms with Gasteiger partial charge in [0.1, 0.15) is 13.2 Å². The lowest BCUT2D eigenvalue weighted by molar-refractivity contribution is -0.120. The van der Waals surface area contributed by atoms with Gasteiger partial charge in [-0.15, -0.1) is 0 Å². The van der Waals surface area contributed by atoms with Gasteiger partial charge in [-0.3, -0.25) is 4.79 Å². The van der Waals surface area contributed by atoms with E-state index in [1.54, 1.807) is 0 Å². The number of hydrogen-bond donors (Lipinski definition) is 1. The topological polar surface area (TPSA) is 47.6 Å². The Balaban J connectivity index is 1.62. The van der Waals surface area contributed by atoms with Crippen LogP contribution in [0.5, 0.6) is 11.5 Å². The third-order valence-electron chi connectivity index (χ3n) is 3.75. The van der Waals surface area contributed by atoms with E-state index in [0.29, 0.717) is 37.0 Å². The molecule has 1 aliphatic rings. The summed E-state index contributed by atoms with van der Waals surface area (Å²) in [5.74, 6) is 1.43. The molecule has 0 bridgehead atoms. The van der Waals surface area contributed by atoms with Crippen LogP contribution in [0.3, 0.4) is 0 Å². The van der Waals surface area contributed by atoms with E-state index in [9.17, 15) is 4.79 Å². The fourth-order valence-electron chi connectivity index (χ4n) is 2.46. The molecule has 3 rings (SSSR count). The van der Waals surface area contributed by atoms with E-state index in [0.717, 1.165) is 22.4 Å². The van der Waals surface area contributed by atoms with Crippen LogP contribution in [0.25, 0.3) is 0 Å². The third-order valence-corrected chi connectivity index (χ3v) is 4.01. The first-order chi connectivity index (χ1) is 11.1. The van der Waals surface area contributed by atoms with Gasteiger partial charge in [-0.1, -0.05) is 23.7 Å². The molecule has 5 heteroatoms. The zero-order valence-corrected chi connectivity index (χ0v) is 13.7. The second kappa shape index (κ2) is 6.92. The van der Waals surface area contributed by atoms with Crippen molar-refractivity contribution in [3.05, 3.63) is 58.1 Å². The van der Waals surface area contributed by atoms with E-state index in [-0.39, 0.29) is 5.91 Å². The molecule has 0 radical (unpaired) electrons. The smallest absolute Gasteiger partial charge is 0.224 e. The molecule has 2 aromatic rings. The largest absolute Gasteiger partial charge is 0.486 e. The zero-order chi connectivity index (χ0) is 16.2. The number of nitrogens with one attached hydrogen (secondary N) is 1. The average Bonchev–Trinajstić information content (AvgIpc) is 2.55. The molecule has 0 fully saturated rings. The maximum atomic E-state index is 12.2. The van der Waals surface area contributed by atoms with Gasteiger partial charge in [0.05, 0.1) is 6.42 Å². The van der Waals surface area contributed by atoms with Crippen LogP contribution in [-0.4, -0.2) is 19.1 Å². The van der Waals surface area contributed by atoms with Gasteiger partial charge in [0.15, 0.2) is 11.5 Å². The second-order valence-corrected chi connectivity index (χ2v) is 5.94. The van der Waals surface area contributed by atoms with Crippen molar-refractivity contribution in [3.8, 4) is 11.5 Å². The molecule has 1 aliphatic heterocycles. The van der Waals surface area contributed by atoms with Crippen molar-refractivity contribution >= 4 is 17.5 Å². The van der Waals surface area contributed by atoms with Gasteiger partial charge in [-0.2, -0.15) is 0 Å². The zero-order valence-electron chi connectivity index (χ0n) is 12.9. The highest BCUT2D eigenvalue weighted by atomic mass is 35.5. The van der Waals surface area contributed by atoms with Crippen LogP contribution in [0.4, 0.5) is 0 Å². The van der Waals surface area contributed by atoms with E-state index in [4.69, 9.17) is 21.1 Å². The fourth-order valence-corrected chi connectivity index (χ4v) is 2.59. The molecule has 0 saturated carbocycles. The predicted molar refractivity (Wildman–Crippen MR) is 89.2 cm³/mol. The Morgan fingerprint density at radius 3 is 2.48 bits per heavy atom. The molecule has 0 aliphatic carbocycles. The summed E-state index contributed by atoms with van der Waals surface area (Å²) in [4.78, 5) is 12.2. The van der Waals surface area contributed by atoms with E-state index in [1.807, 2.05) is 43.3 Å². The van der Waals surface area contributed by atoms with Crippen LogP contribution in [0.1, 0.15) is 16.7 Å². The number of aryl methyl sites for hydroxylation is 1. The van der Waals surface area contributed by atoms with Crippen LogP contribution in [0, 0.1) is 6.92 Å². The van der Waals surface area contributed by atoms with E-state index >= 15 is 0 Å². The number of halogens is 1. The molecule has 23 heavy (non-hydrogen) atoms. The molecule has 0 unspecified atom stereocenters. The van der Waals surface area contributed by atoms with Crippen LogP contribution < -0.4 is 14.8 Å². The van der Waals surface area contributed by atoms with Gasteiger partial charge >= 0.3 is 0 Å². The van der Waals surface area contributed by atoms with Gasteiger partial charge in [0.2, 0.25) is 5.91 Å². The van der Waals surface area contributed by atoms with Crippen molar-refractivity contribution in [2.24, 2.45) is 0 Å². The summed E-state index contributed by atoms with van der Waals surface area (Å²) in [5, 5.41) is 3.61. The number of rotatable bonds is 4. The molecule has 0 spiro atoms. The van der Waals surface area contributed by atoms with Gasteiger partial charge in [-0.05, 0) is 47.9 Å². The van der Waals surface area contributed by atoms with Crippen molar-refractivity contribution in [2.45, 2.75) is 19.9 Å². The van der Waals surface area contributed by atoms with Gasteiger partial charge < -0.3 is 14.8 Å². The first kappa shape index (κ1) is 15.7. The maximum Gasteiger partial charge on any atom is 0.224 e. The summed E-state index contributed by atoms with van der Waals surface area (Å²) >= 11 is 5.85. The number of hydrogen-bond acceptors (Lipinski definition) is 3. The molecule has 1 amide bonds. The lowest BCUT2D eigenvalue weighted by atomic mass is 10.0. The molecule has 4 nitrogen and oxygen atoms in total. The summed E-state index contributed by atoms with van der Waals surface area (Å²) in [6.45, 7) is 3.56. The molecule has 0 atom stereocenters. The minimum atomic E-state index is -0.0280. The highest BCUT2D eigenvalue weighted by molar-refractivity contribution is 6.30. The van der Waals surface area contributed by atoms with E-state index in [2.05, 4.69) is 5.32 Å². The standard InChI is InChI=1S/C18H18ClNO3/c1-12-8-16-17(23-7-6-22-16)9-14(12)10-18(21)20-11-13-2-4-15(19)5-3-13/h2-5,8-9H,6-7,10-11H2,1H3,(H,20,21). The van der Waals surface area contributed by atoms with Crippen molar-refractivity contribution < 1.29 is 14.3 Å². The molecule has 0 aromatic heterocycles. The lowest BCUT2D eigenvalue weighted by Gasteiger charge is -2.20.